The van der Waals surface area contributed by atoms with Crippen LogP contribution in [-0.4, -0.2) is 5.78 Å². The van der Waals surface area contributed by atoms with Crippen LogP contribution in [0.2, 0.25) is 0 Å². The maximum absolute atomic E-state index is 13.1. The van der Waals surface area contributed by atoms with Crippen molar-refractivity contribution >= 4 is 22.8 Å². The zero-order valence-corrected chi connectivity index (χ0v) is 16.4. The number of ether oxygens (including phenoxy) is 1. The van der Waals surface area contributed by atoms with Gasteiger partial charge in [0.05, 0.1) is 11.4 Å². The molecule has 0 amide bonds. The van der Waals surface area contributed by atoms with Gasteiger partial charge in [0, 0.05) is 22.4 Å². The van der Waals surface area contributed by atoms with Crippen molar-refractivity contribution in [2.75, 3.05) is 11.1 Å². The fourth-order valence-electron chi connectivity index (χ4n) is 3.20. The quantitative estimate of drug-likeness (QED) is 0.306. The van der Waals surface area contributed by atoms with E-state index in [1.54, 1.807) is 0 Å². The molecule has 0 heterocycles. The summed E-state index contributed by atoms with van der Waals surface area (Å²) in [6, 6.07) is 32.0. The fourth-order valence-corrected chi connectivity index (χ4v) is 3.20. The largest absolute Gasteiger partial charge is 0.489 e. The highest BCUT2D eigenvalue weighted by atomic mass is 16.5. The van der Waals surface area contributed by atoms with Gasteiger partial charge in [-0.3, -0.25) is 4.79 Å². The van der Waals surface area contributed by atoms with Crippen molar-refractivity contribution in [3.63, 3.8) is 0 Å². The van der Waals surface area contributed by atoms with Crippen molar-refractivity contribution in [2.24, 2.45) is 0 Å². The van der Waals surface area contributed by atoms with Crippen molar-refractivity contribution in [2.45, 2.75) is 6.61 Å². The van der Waals surface area contributed by atoms with Crippen LogP contribution < -0.4 is 15.8 Å². The standard InChI is InChI=1S/C26H22N2O2/c27-24-13-7-8-14-25(24)28-21-15-16-23(26(29)19-9-3-1-4-10-19)20(17-21)18-30-22-11-5-2-6-12-22/h1-17,28H,18,27H2. The van der Waals surface area contributed by atoms with Gasteiger partial charge >= 0.3 is 0 Å². The van der Waals surface area contributed by atoms with Crippen LogP contribution in [0, 0.1) is 0 Å². The number of hydrogen-bond acceptors (Lipinski definition) is 4. The first-order chi connectivity index (χ1) is 14.7. The lowest BCUT2D eigenvalue weighted by molar-refractivity contribution is 0.103. The summed E-state index contributed by atoms with van der Waals surface area (Å²) in [7, 11) is 0. The molecule has 0 spiro atoms. The number of nitrogens with two attached hydrogens (primary N) is 1. The highest BCUT2D eigenvalue weighted by Crippen LogP contribution is 2.26. The van der Waals surface area contributed by atoms with Crippen LogP contribution in [0.15, 0.2) is 103 Å². The molecule has 3 N–H and O–H groups in total. The Balaban J connectivity index is 1.66. The zero-order valence-electron chi connectivity index (χ0n) is 16.4. The molecular weight excluding hydrogens is 372 g/mol. The first-order valence-electron chi connectivity index (χ1n) is 9.73. The number of nitrogen functional groups attached to an aromatic ring is 1. The second-order valence-electron chi connectivity index (χ2n) is 6.88. The van der Waals surface area contributed by atoms with Gasteiger partial charge in [-0.2, -0.15) is 0 Å². The van der Waals surface area contributed by atoms with Crippen molar-refractivity contribution in [3.8, 4) is 5.75 Å². The second-order valence-corrected chi connectivity index (χ2v) is 6.88. The van der Waals surface area contributed by atoms with Crippen LogP contribution in [0.1, 0.15) is 21.5 Å². The van der Waals surface area contributed by atoms with E-state index in [1.165, 1.54) is 0 Å². The molecule has 30 heavy (non-hydrogen) atoms. The van der Waals surface area contributed by atoms with Gasteiger partial charge in [-0.05, 0) is 42.5 Å². The Morgan fingerprint density at radius 1 is 0.800 bits per heavy atom. The minimum atomic E-state index is -0.0342. The molecule has 0 aliphatic carbocycles. The Morgan fingerprint density at radius 2 is 1.47 bits per heavy atom. The first kappa shape index (κ1) is 19.3. The van der Waals surface area contributed by atoms with E-state index in [4.69, 9.17) is 10.5 Å². The molecule has 0 aromatic heterocycles. The van der Waals surface area contributed by atoms with Crippen molar-refractivity contribution in [3.05, 3.63) is 120 Å². The summed E-state index contributed by atoms with van der Waals surface area (Å²) in [5, 5.41) is 3.32. The minimum absolute atomic E-state index is 0.0342. The predicted molar refractivity (Wildman–Crippen MR) is 121 cm³/mol. The fraction of sp³-hybridized carbons (Fsp3) is 0.0385. The summed E-state index contributed by atoms with van der Waals surface area (Å²) in [5.41, 5.74) is 10.4. The second kappa shape index (κ2) is 8.97. The molecule has 0 unspecified atom stereocenters. The van der Waals surface area contributed by atoms with Gasteiger partial charge in [0.2, 0.25) is 0 Å². The van der Waals surface area contributed by atoms with Crippen LogP contribution in [0.5, 0.6) is 5.75 Å². The molecule has 4 aromatic carbocycles. The highest BCUT2D eigenvalue weighted by molar-refractivity contribution is 6.10. The number of rotatable bonds is 7. The van der Waals surface area contributed by atoms with Gasteiger partial charge in [-0.1, -0.05) is 60.7 Å². The Bertz CT molecular complexity index is 1140. The third-order valence-electron chi connectivity index (χ3n) is 4.76. The molecule has 0 bridgehead atoms. The topological polar surface area (TPSA) is 64.3 Å². The van der Waals surface area contributed by atoms with Crippen LogP contribution in [-0.2, 0) is 6.61 Å². The van der Waals surface area contributed by atoms with Crippen molar-refractivity contribution in [1.29, 1.82) is 0 Å². The number of nitrogens with one attached hydrogen (secondary N) is 1. The summed E-state index contributed by atoms with van der Waals surface area (Å²) in [5.74, 6) is 0.717. The summed E-state index contributed by atoms with van der Waals surface area (Å²) < 4.78 is 5.94. The van der Waals surface area contributed by atoms with Crippen LogP contribution in [0.25, 0.3) is 0 Å². The predicted octanol–water partition coefficient (Wildman–Crippen LogP) is 5.82. The Kier molecular flexibility index (Phi) is 5.76. The minimum Gasteiger partial charge on any atom is -0.489 e. The molecule has 4 nitrogen and oxygen atoms in total. The van der Waals surface area contributed by atoms with E-state index in [1.807, 2.05) is 103 Å². The number of hydrogen-bond donors (Lipinski definition) is 2. The van der Waals surface area contributed by atoms with E-state index in [0.29, 0.717) is 16.8 Å². The molecule has 0 radical (unpaired) electrons. The maximum atomic E-state index is 13.1. The molecule has 148 valence electrons. The van der Waals surface area contributed by atoms with E-state index in [2.05, 4.69) is 5.32 Å². The SMILES string of the molecule is Nc1ccccc1Nc1ccc(C(=O)c2ccccc2)c(COc2ccccc2)c1. The molecule has 0 fully saturated rings. The van der Waals surface area contributed by atoms with Crippen LogP contribution >= 0.6 is 0 Å². The average Bonchev–Trinajstić information content (AvgIpc) is 2.80. The number of ketones is 1. The third-order valence-corrected chi connectivity index (χ3v) is 4.76. The number of carbonyl (C=O) groups excluding carboxylic acids is 1. The molecule has 4 heteroatoms. The smallest absolute Gasteiger partial charge is 0.193 e. The highest BCUT2D eigenvalue weighted by Gasteiger charge is 2.15. The maximum Gasteiger partial charge on any atom is 0.193 e. The third kappa shape index (κ3) is 4.50. The Hall–Kier alpha value is -4.05. The summed E-state index contributed by atoms with van der Waals surface area (Å²) in [6.45, 7) is 0.276. The van der Waals surface area contributed by atoms with Gasteiger partial charge < -0.3 is 15.8 Å². The molecule has 0 saturated heterocycles. The monoisotopic (exact) mass is 394 g/mol. The normalized spacial score (nSPS) is 10.4. The van der Waals surface area contributed by atoms with Crippen LogP contribution in [0.4, 0.5) is 17.1 Å². The Labute approximate surface area is 175 Å². The molecular formula is C26H22N2O2. The molecule has 0 atom stereocenters. The van der Waals surface area contributed by atoms with E-state index in [-0.39, 0.29) is 12.4 Å². The molecule has 4 aromatic rings. The molecule has 0 aliphatic heterocycles. The zero-order chi connectivity index (χ0) is 20.8. The lowest BCUT2D eigenvalue weighted by Crippen LogP contribution is -2.09. The van der Waals surface area contributed by atoms with E-state index in [0.717, 1.165) is 22.7 Å². The number of para-hydroxylation sites is 3. The van der Waals surface area contributed by atoms with E-state index < -0.39 is 0 Å². The molecule has 0 saturated carbocycles. The van der Waals surface area contributed by atoms with Crippen LogP contribution in [0.3, 0.4) is 0 Å². The molecule has 4 rings (SSSR count). The van der Waals surface area contributed by atoms with Gasteiger partial charge in [0.25, 0.3) is 0 Å². The van der Waals surface area contributed by atoms with Gasteiger partial charge in [-0.25, -0.2) is 0 Å². The number of anilines is 3. The van der Waals surface area contributed by atoms with E-state index >= 15 is 0 Å². The first-order valence-corrected chi connectivity index (χ1v) is 9.73. The lowest BCUT2D eigenvalue weighted by Gasteiger charge is -2.15. The lowest BCUT2D eigenvalue weighted by atomic mass is 9.98. The van der Waals surface area contributed by atoms with Gasteiger partial charge in [0.15, 0.2) is 5.78 Å². The van der Waals surface area contributed by atoms with E-state index in [9.17, 15) is 4.79 Å². The number of carbonyl (C=O) groups is 1. The summed E-state index contributed by atoms with van der Waals surface area (Å²) in [6.07, 6.45) is 0. The number of benzene rings is 4. The van der Waals surface area contributed by atoms with Gasteiger partial charge in [0.1, 0.15) is 12.4 Å². The Morgan fingerprint density at radius 3 is 2.20 bits per heavy atom. The van der Waals surface area contributed by atoms with Gasteiger partial charge in [-0.15, -0.1) is 0 Å². The molecule has 0 aliphatic rings. The average molecular weight is 394 g/mol. The van der Waals surface area contributed by atoms with Crippen molar-refractivity contribution < 1.29 is 9.53 Å². The summed E-state index contributed by atoms with van der Waals surface area (Å²) >= 11 is 0. The van der Waals surface area contributed by atoms with Crippen molar-refractivity contribution in [1.82, 2.24) is 0 Å². The summed E-state index contributed by atoms with van der Waals surface area (Å²) in [4.78, 5) is 13.1.